The zero-order chi connectivity index (χ0) is 36.5. The normalized spacial score (nSPS) is 15.8. The molecule has 0 saturated heterocycles. The topological polar surface area (TPSA) is 105 Å². The van der Waals surface area contributed by atoms with Gasteiger partial charge in [-0.05, 0) is 77.0 Å². The third kappa shape index (κ3) is 33.7. The number of phosphoric acid groups is 1. The summed E-state index contributed by atoms with van der Waals surface area (Å²) in [4.78, 5) is 22.9. The number of aliphatic hydroxyl groups is 1. The van der Waals surface area contributed by atoms with Crippen molar-refractivity contribution < 1.29 is 32.9 Å². The summed E-state index contributed by atoms with van der Waals surface area (Å²) in [5.74, 6) is -0.257. The van der Waals surface area contributed by atoms with Crippen LogP contribution in [0.3, 0.4) is 0 Å². The number of hydrogen-bond acceptors (Lipinski definition) is 5. The van der Waals surface area contributed by atoms with Crippen LogP contribution in [-0.4, -0.2) is 73.4 Å². The molecule has 0 aromatic carbocycles. The number of nitrogens with zero attached hydrogens (tertiary/aromatic N) is 1. The summed E-state index contributed by atoms with van der Waals surface area (Å²) in [7, 11) is 1.48. The van der Waals surface area contributed by atoms with Crippen LogP contribution in [0.2, 0.25) is 0 Å². The zero-order valence-electron chi connectivity index (χ0n) is 31.1. The molecule has 3 N–H and O–H groups in total. The van der Waals surface area contributed by atoms with Gasteiger partial charge in [-0.25, -0.2) is 4.57 Å². The zero-order valence-corrected chi connectivity index (χ0v) is 32.0. The van der Waals surface area contributed by atoms with E-state index >= 15 is 0 Å². The average molecular weight is 704 g/mol. The van der Waals surface area contributed by atoms with Gasteiger partial charge in [0, 0.05) is 6.42 Å². The predicted octanol–water partition coefficient (Wildman–Crippen LogP) is 9.23. The summed E-state index contributed by atoms with van der Waals surface area (Å²) < 4.78 is 23.3. The Labute approximate surface area is 299 Å². The first-order chi connectivity index (χ1) is 23.5. The highest BCUT2D eigenvalue weighted by Crippen LogP contribution is 2.43. The number of rotatable bonds is 30. The fraction of sp³-hybridized carbons (Fsp3) is 0.575. The van der Waals surface area contributed by atoms with E-state index in [9.17, 15) is 19.4 Å². The maximum atomic E-state index is 12.7. The van der Waals surface area contributed by atoms with Gasteiger partial charge in [-0.2, -0.15) is 0 Å². The van der Waals surface area contributed by atoms with Crippen LogP contribution in [0, 0.1) is 0 Å². The smallest absolute Gasteiger partial charge is 0.387 e. The third-order valence-electron chi connectivity index (χ3n) is 7.03. The standard InChI is InChI=1S/C40H67N2O6P/c1-6-8-10-12-14-16-18-19-20-21-22-23-24-26-28-30-32-34-40(44)41-38(37-48-49(45,46)47-36-35-42(3,4)5)39(43)33-31-29-27-25-17-15-13-11-9-7-2/h8-11,14,16-17,19-20,22-23,25-26,28,31,33,38-39,43H,6-7,12-13,15,18,21,24,27,29-30,32,34-37H2,1-5H3,(H-,41,44,45,46)/p+1/b10-8-,11-9+,16-14-,20-19-,23-22-,25-17+,28-26-,33-31+. The van der Waals surface area contributed by atoms with Gasteiger partial charge in [0.15, 0.2) is 0 Å². The van der Waals surface area contributed by atoms with Crippen molar-refractivity contribution in [2.45, 2.75) is 109 Å². The quantitative estimate of drug-likeness (QED) is 0.0298. The molecule has 0 aromatic heterocycles. The molecule has 1 amide bonds. The molecule has 3 unspecified atom stereocenters. The number of hydrogen-bond donors (Lipinski definition) is 3. The van der Waals surface area contributed by atoms with Crippen LogP contribution in [-0.2, 0) is 18.4 Å². The van der Waals surface area contributed by atoms with E-state index in [0.29, 0.717) is 17.4 Å². The Morgan fingerprint density at radius 1 is 0.694 bits per heavy atom. The first-order valence-electron chi connectivity index (χ1n) is 18.1. The largest absolute Gasteiger partial charge is 0.472 e. The molecule has 278 valence electrons. The Kier molecular flexibility index (Phi) is 29.8. The fourth-order valence-electron chi connectivity index (χ4n) is 4.17. The number of carbonyl (C=O) groups excluding carboxylic acids is 1. The maximum absolute atomic E-state index is 12.7. The molecule has 0 bridgehead atoms. The average Bonchev–Trinajstić information content (AvgIpc) is 3.04. The van der Waals surface area contributed by atoms with E-state index in [1.54, 1.807) is 6.08 Å². The summed E-state index contributed by atoms with van der Waals surface area (Å²) >= 11 is 0. The molecule has 8 nitrogen and oxygen atoms in total. The molecule has 0 aromatic rings. The van der Waals surface area contributed by atoms with Gasteiger partial charge in [0.2, 0.25) is 5.91 Å². The highest BCUT2D eigenvalue weighted by Gasteiger charge is 2.27. The van der Waals surface area contributed by atoms with Crippen LogP contribution in [0.4, 0.5) is 0 Å². The summed E-state index contributed by atoms with van der Waals surface area (Å²) in [6, 6.07) is -0.902. The van der Waals surface area contributed by atoms with Crippen molar-refractivity contribution in [2.75, 3.05) is 40.9 Å². The molecule has 0 spiro atoms. The molecule has 0 saturated carbocycles. The Hall–Kier alpha value is -2.58. The lowest BCUT2D eigenvalue weighted by atomic mass is 10.1. The number of aliphatic hydroxyl groups excluding tert-OH is 1. The molecule has 49 heavy (non-hydrogen) atoms. The van der Waals surface area contributed by atoms with E-state index in [1.165, 1.54) is 0 Å². The second kappa shape index (κ2) is 31.4. The van der Waals surface area contributed by atoms with Crippen LogP contribution < -0.4 is 5.32 Å². The minimum absolute atomic E-state index is 0.0367. The minimum Gasteiger partial charge on any atom is -0.387 e. The number of quaternary nitrogens is 1. The molecule has 0 fully saturated rings. The van der Waals surface area contributed by atoms with Crippen molar-refractivity contribution in [2.24, 2.45) is 0 Å². The number of allylic oxidation sites excluding steroid dienone is 15. The van der Waals surface area contributed by atoms with Gasteiger partial charge < -0.3 is 19.8 Å². The second-order valence-electron chi connectivity index (χ2n) is 12.8. The number of likely N-dealkylation sites (N-methyl/N-ethyl adjacent to an activating group) is 1. The van der Waals surface area contributed by atoms with Gasteiger partial charge in [0.1, 0.15) is 13.2 Å². The minimum atomic E-state index is -4.36. The summed E-state index contributed by atoms with van der Waals surface area (Å²) in [6.07, 6.45) is 43.5. The Morgan fingerprint density at radius 3 is 1.67 bits per heavy atom. The number of carbonyl (C=O) groups is 1. The molecule has 0 heterocycles. The lowest BCUT2D eigenvalue weighted by molar-refractivity contribution is -0.870. The lowest BCUT2D eigenvalue weighted by Gasteiger charge is -2.25. The highest BCUT2D eigenvalue weighted by molar-refractivity contribution is 7.47. The van der Waals surface area contributed by atoms with E-state index in [-0.39, 0.29) is 25.5 Å². The highest BCUT2D eigenvalue weighted by atomic mass is 31.2. The van der Waals surface area contributed by atoms with Crippen molar-refractivity contribution in [1.29, 1.82) is 0 Å². The van der Waals surface area contributed by atoms with Crippen molar-refractivity contribution in [3.63, 3.8) is 0 Å². The first-order valence-corrected chi connectivity index (χ1v) is 19.6. The molecular weight excluding hydrogens is 635 g/mol. The predicted molar refractivity (Wildman–Crippen MR) is 207 cm³/mol. The van der Waals surface area contributed by atoms with Crippen molar-refractivity contribution in [3.8, 4) is 0 Å². The number of nitrogens with one attached hydrogen (secondary N) is 1. The monoisotopic (exact) mass is 703 g/mol. The van der Waals surface area contributed by atoms with Crippen LogP contribution in [0.25, 0.3) is 0 Å². The first kappa shape index (κ1) is 46.4. The van der Waals surface area contributed by atoms with E-state index in [2.05, 4.69) is 104 Å². The Morgan fingerprint density at radius 2 is 1.14 bits per heavy atom. The Bertz CT molecular complexity index is 1110. The summed E-state index contributed by atoms with van der Waals surface area (Å²) in [6.45, 7) is 4.44. The van der Waals surface area contributed by atoms with Crippen molar-refractivity contribution in [1.82, 2.24) is 5.32 Å². The molecule has 9 heteroatoms. The molecule has 0 aliphatic rings. The lowest BCUT2D eigenvalue weighted by Crippen LogP contribution is -2.45. The van der Waals surface area contributed by atoms with E-state index < -0.39 is 20.0 Å². The third-order valence-corrected chi connectivity index (χ3v) is 8.01. The number of unbranched alkanes of at least 4 members (excludes halogenated alkanes) is 3. The summed E-state index contributed by atoms with van der Waals surface area (Å²) in [5, 5.41) is 13.6. The molecule has 0 aliphatic heterocycles. The van der Waals surface area contributed by atoms with Crippen LogP contribution in [0.5, 0.6) is 0 Å². The van der Waals surface area contributed by atoms with Gasteiger partial charge >= 0.3 is 7.82 Å². The van der Waals surface area contributed by atoms with E-state index in [1.807, 2.05) is 27.2 Å². The van der Waals surface area contributed by atoms with Gasteiger partial charge in [0.05, 0.1) is 39.9 Å². The maximum Gasteiger partial charge on any atom is 0.472 e. The Balaban J connectivity index is 4.71. The van der Waals surface area contributed by atoms with Gasteiger partial charge in [0.25, 0.3) is 0 Å². The molecule has 0 radical (unpaired) electrons. The van der Waals surface area contributed by atoms with Gasteiger partial charge in [-0.3, -0.25) is 13.8 Å². The van der Waals surface area contributed by atoms with Crippen LogP contribution in [0.1, 0.15) is 97.3 Å². The van der Waals surface area contributed by atoms with Gasteiger partial charge in [-0.15, -0.1) is 0 Å². The van der Waals surface area contributed by atoms with E-state index in [0.717, 1.165) is 70.6 Å². The van der Waals surface area contributed by atoms with Gasteiger partial charge in [-0.1, -0.05) is 111 Å². The van der Waals surface area contributed by atoms with Crippen LogP contribution in [0.15, 0.2) is 97.2 Å². The number of phosphoric ester groups is 1. The SMILES string of the molecule is CC/C=C\C/C=C\C/C=C\C/C=C\C/C=C\CCCC(=O)NC(COP(=O)(O)OCC[N+](C)(C)C)C(O)/C=C/CC/C=C/CC/C=C/CC. The van der Waals surface area contributed by atoms with E-state index in [4.69, 9.17) is 9.05 Å². The molecular formula is C40H68N2O6P+. The van der Waals surface area contributed by atoms with Crippen molar-refractivity contribution in [3.05, 3.63) is 97.2 Å². The van der Waals surface area contributed by atoms with Crippen LogP contribution >= 0.6 is 7.82 Å². The fourth-order valence-corrected chi connectivity index (χ4v) is 4.91. The second-order valence-corrected chi connectivity index (χ2v) is 14.3. The molecule has 0 aliphatic carbocycles. The number of amides is 1. The molecule has 0 rings (SSSR count). The molecule has 3 atom stereocenters. The van der Waals surface area contributed by atoms with Crippen molar-refractivity contribution >= 4 is 13.7 Å². The summed E-state index contributed by atoms with van der Waals surface area (Å²) in [5.41, 5.74) is 0.